The molecule has 0 saturated heterocycles. The van der Waals surface area contributed by atoms with E-state index in [1.807, 2.05) is 0 Å². The minimum Gasteiger partial charge on any atom is -0.311 e. The minimum absolute atomic E-state index is 0.235. The van der Waals surface area contributed by atoms with Crippen LogP contribution in [0.3, 0.4) is 0 Å². The standard InChI is InChI=1S/C13H7F4N3O2/c1-6-2-10(21)20(12(22)19-6)8-3-7(5-18)11(9(14)4-8)13(15,16)17/h2-4H,1H3,(H,19,22). The number of rotatable bonds is 1. The van der Waals surface area contributed by atoms with Gasteiger partial charge in [-0.05, 0) is 19.1 Å². The van der Waals surface area contributed by atoms with Crippen LogP contribution in [0.1, 0.15) is 16.8 Å². The average Bonchev–Trinajstić information content (AvgIpc) is 2.34. The van der Waals surface area contributed by atoms with Crippen LogP contribution < -0.4 is 11.2 Å². The van der Waals surface area contributed by atoms with E-state index in [2.05, 4.69) is 4.98 Å². The van der Waals surface area contributed by atoms with Gasteiger partial charge in [0.25, 0.3) is 5.56 Å². The quantitative estimate of drug-likeness (QED) is 0.816. The van der Waals surface area contributed by atoms with Gasteiger partial charge in [-0.25, -0.2) is 13.8 Å². The summed E-state index contributed by atoms with van der Waals surface area (Å²) in [6, 6.07) is 3.25. The van der Waals surface area contributed by atoms with Crippen molar-refractivity contribution in [1.82, 2.24) is 9.55 Å². The van der Waals surface area contributed by atoms with E-state index in [9.17, 15) is 27.2 Å². The first-order valence-electron chi connectivity index (χ1n) is 5.79. The topological polar surface area (TPSA) is 78.7 Å². The first kappa shape index (κ1) is 15.5. The van der Waals surface area contributed by atoms with Crippen LogP contribution in [0.25, 0.3) is 5.69 Å². The molecule has 1 aromatic carbocycles. The van der Waals surface area contributed by atoms with E-state index in [0.717, 1.165) is 6.07 Å². The number of aromatic amines is 1. The Morgan fingerprint density at radius 2 is 1.86 bits per heavy atom. The van der Waals surface area contributed by atoms with Gasteiger partial charge < -0.3 is 4.98 Å². The fraction of sp³-hybridized carbons (Fsp3) is 0.154. The molecule has 2 aromatic rings. The van der Waals surface area contributed by atoms with Gasteiger partial charge in [0, 0.05) is 11.8 Å². The number of benzene rings is 1. The monoisotopic (exact) mass is 313 g/mol. The van der Waals surface area contributed by atoms with Crippen molar-refractivity contribution in [2.75, 3.05) is 0 Å². The number of H-pyrrole nitrogens is 1. The molecule has 0 saturated carbocycles. The van der Waals surface area contributed by atoms with Crippen molar-refractivity contribution in [3.8, 4) is 11.8 Å². The van der Waals surface area contributed by atoms with Crippen molar-refractivity contribution >= 4 is 0 Å². The largest absolute Gasteiger partial charge is 0.420 e. The third-order valence-electron chi connectivity index (χ3n) is 2.80. The van der Waals surface area contributed by atoms with Gasteiger partial charge in [-0.2, -0.15) is 18.4 Å². The predicted octanol–water partition coefficient (Wildman–Crippen LogP) is 1.86. The summed E-state index contributed by atoms with van der Waals surface area (Å²) >= 11 is 0. The van der Waals surface area contributed by atoms with Crippen LogP contribution in [0.4, 0.5) is 17.6 Å². The second-order valence-corrected chi connectivity index (χ2v) is 4.39. The van der Waals surface area contributed by atoms with Crippen molar-refractivity contribution in [2.24, 2.45) is 0 Å². The number of hydrogen-bond acceptors (Lipinski definition) is 3. The number of aromatic nitrogens is 2. The maximum absolute atomic E-state index is 13.7. The molecule has 22 heavy (non-hydrogen) atoms. The number of aryl methyl sites for hydroxylation is 1. The van der Waals surface area contributed by atoms with E-state index < -0.39 is 40.1 Å². The van der Waals surface area contributed by atoms with Crippen LogP contribution in [0.2, 0.25) is 0 Å². The van der Waals surface area contributed by atoms with Crippen LogP contribution in [0.5, 0.6) is 0 Å². The lowest BCUT2D eigenvalue weighted by atomic mass is 10.1. The zero-order chi connectivity index (χ0) is 16.7. The molecule has 0 unspecified atom stereocenters. The first-order valence-corrected chi connectivity index (χ1v) is 5.79. The van der Waals surface area contributed by atoms with Crippen LogP contribution in [0.15, 0.2) is 27.8 Å². The molecule has 0 aliphatic rings. The van der Waals surface area contributed by atoms with Crippen molar-refractivity contribution in [3.05, 3.63) is 61.7 Å². The summed E-state index contributed by atoms with van der Waals surface area (Å²) < 4.78 is 52.3. The molecular formula is C13H7F4N3O2. The van der Waals surface area contributed by atoms with Crippen LogP contribution in [-0.2, 0) is 6.18 Å². The Kier molecular flexibility index (Phi) is 3.62. The van der Waals surface area contributed by atoms with E-state index in [-0.39, 0.29) is 5.69 Å². The lowest BCUT2D eigenvalue weighted by Crippen LogP contribution is -2.33. The summed E-state index contributed by atoms with van der Waals surface area (Å²) in [6.07, 6.45) is -5.07. The van der Waals surface area contributed by atoms with Gasteiger partial charge in [0.1, 0.15) is 11.4 Å². The van der Waals surface area contributed by atoms with Gasteiger partial charge in [0.2, 0.25) is 0 Å². The molecule has 0 atom stereocenters. The number of nitriles is 1. The zero-order valence-electron chi connectivity index (χ0n) is 11.0. The lowest BCUT2D eigenvalue weighted by molar-refractivity contribution is -0.140. The summed E-state index contributed by atoms with van der Waals surface area (Å²) in [5.41, 5.74) is -4.80. The van der Waals surface area contributed by atoms with Gasteiger partial charge in [-0.1, -0.05) is 0 Å². The second-order valence-electron chi connectivity index (χ2n) is 4.39. The van der Waals surface area contributed by atoms with E-state index in [4.69, 9.17) is 5.26 Å². The molecule has 9 heteroatoms. The lowest BCUT2D eigenvalue weighted by Gasteiger charge is -2.12. The van der Waals surface area contributed by atoms with Crippen molar-refractivity contribution < 1.29 is 17.6 Å². The zero-order valence-corrected chi connectivity index (χ0v) is 11.0. The number of alkyl halides is 3. The molecule has 0 bridgehead atoms. The van der Waals surface area contributed by atoms with E-state index >= 15 is 0 Å². The Balaban J connectivity index is 2.82. The summed E-state index contributed by atoms with van der Waals surface area (Å²) in [4.78, 5) is 25.8. The van der Waals surface area contributed by atoms with Crippen molar-refractivity contribution in [1.29, 1.82) is 5.26 Å². The van der Waals surface area contributed by atoms with Gasteiger partial charge in [0.15, 0.2) is 0 Å². The van der Waals surface area contributed by atoms with Gasteiger partial charge >= 0.3 is 11.9 Å². The molecule has 1 N–H and O–H groups in total. The molecule has 1 aromatic heterocycles. The minimum atomic E-state index is -5.07. The molecule has 114 valence electrons. The molecule has 0 aliphatic heterocycles. The van der Waals surface area contributed by atoms with Crippen molar-refractivity contribution in [2.45, 2.75) is 13.1 Å². The summed E-state index contributed by atoms with van der Waals surface area (Å²) in [6.45, 7) is 1.43. The predicted molar refractivity (Wildman–Crippen MR) is 67.1 cm³/mol. The van der Waals surface area contributed by atoms with E-state index in [1.165, 1.54) is 13.0 Å². The highest BCUT2D eigenvalue weighted by atomic mass is 19.4. The van der Waals surface area contributed by atoms with Gasteiger partial charge in [-0.15, -0.1) is 0 Å². The van der Waals surface area contributed by atoms with Crippen LogP contribution in [-0.4, -0.2) is 9.55 Å². The van der Waals surface area contributed by atoms with Crippen LogP contribution >= 0.6 is 0 Å². The van der Waals surface area contributed by atoms with Gasteiger partial charge in [0.05, 0.1) is 17.3 Å². The third kappa shape index (κ3) is 2.63. The highest BCUT2D eigenvalue weighted by Gasteiger charge is 2.37. The van der Waals surface area contributed by atoms with Crippen molar-refractivity contribution in [3.63, 3.8) is 0 Å². The van der Waals surface area contributed by atoms with Gasteiger partial charge in [-0.3, -0.25) is 4.79 Å². The second kappa shape index (κ2) is 5.14. The summed E-state index contributed by atoms with van der Waals surface area (Å²) in [5.74, 6) is -1.74. The Bertz CT molecular complexity index is 872. The molecule has 0 radical (unpaired) electrons. The van der Waals surface area contributed by atoms with E-state index in [1.54, 1.807) is 0 Å². The Morgan fingerprint density at radius 1 is 1.23 bits per heavy atom. The smallest absolute Gasteiger partial charge is 0.311 e. The summed E-state index contributed by atoms with van der Waals surface area (Å²) in [7, 11) is 0. The first-order chi connectivity index (χ1) is 10.1. The third-order valence-corrected chi connectivity index (χ3v) is 2.80. The number of nitrogens with one attached hydrogen (secondary N) is 1. The fourth-order valence-corrected chi connectivity index (χ4v) is 1.95. The van der Waals surface area contributed by atoms with Crippen LogP contribution in [0, 0.1) is 24.1 Å². The SMILES string of the molecule is Cc1cc(=O)n(-c2cc(F)c(C(F)(F)F)c(C#N)c2)c(=O)[nH]1. The number of hydrogen-bond donors (Lipinski definition) is 1. The molecule has 0 aliphatic carbocycles. The highest BCUT2D eigenvalue weighted by molar-refractivity contribution is 5.48. The maximum Gasteiger partial charge on any atom is 0.420 e. The molecule has 5 nitrogen and oxygen atoms in total. The molecule has 1 heterocycles. The molecule has 0 spiro atoms. The molecular weight excluding hydrogens is 306 g/mol. The Morgan fingerprint density at radius 3 is 2.36 bits per heavy atom. The average molecular weight is 313 g/mol. The number of halogens is 4. The fourth-order valence-electron chi connectivity index (χ4n) is 1.95. The Labute approximate surface area is 120 Å². The molecule has 0 fully saturated rings. The molecule has 2 rings (SSSR count). The number of nitrogens with zero attached hydrogens (tertiary/aromatic N) is 2. The summed E-state index contributed by atoms with van der Waals surface area (Å²) in [5, 5.41) is 8.77. The maximum atomic E-state index is 13.7. The van der Waals surface area contributed by atoms with E-state index in [0.29, 0.717) is 16.7 Å². The Hall–Kier alpha value is -2.89. The normalized spacial score (nSPS) is 11.3. The highest BCUT2D eigenvalue weighted by Crippen LogP contribution is 2.34. The molecule has 0 amide bonds.